The zero-order valence-electron chi connectivity index (χ0n) is 11.4. The number of piperazine rings is 1. The first-order valence-electron chi connectivity index (χ1n) is 7.47. The van der Waals surface area contributed by atoms with Crippen LogP contribution in [0.1, 0.15) is 45.4 Å². The van der Waals surface area contributed by atoms with Crippen LogP contribution in [0.4, 0.5) is 0 Å². The summed E-state index contributed by atoms with van der Waals surface area (Å²) in [7, 11) is 0. The fraction of sp³-hybridized carbons (Fsp3) is 1.00. The Kier molecular flexibility index (Phi) is 5.26. The molecule has 2 aliphatic heterocycles. The van der Waals surface area contributed by atoms with Crippen molar-refractivity contribution in [3.05, 3.63) is 0 Å². The lowest BCUT2D eigenvalue weighted by atomic mass is 9.99. The zero-order valence-corrected chi connectivity index (χ0v) is 11.4. The van der Waals surface area contributed by atoms with Crippen LogP contribution in [0.3, 0.4) is 0 Å². The van der Waals surface area contributed by atoms with Crippen molar-refractivity contribution in [2.24, 2.45) is 5.73 Å². The van der Waals surface area contributed by atoms with Crippen LogP contribution in [-0.4, -0.2) is 54.6 Å². The van der Waals surface area contributed by atoms with Gasteiger partial charge in [-0.3, -0.25) is 4.90 Å². The number of nitrogens with zero attached hydrogens (tertiary/aromatic N) is 2. The molecule has 0 aliphatic carbocycles. The molecule has 0 aromatic carbocycles. The third-order valence-corrected chi connectivity index (χ3v) is 4.31. The first kappa shape index (κ1) is 13.3. The molecule has 0 saturated carbocycles. The van der Waals surface area contributed by atoms with Crippen LogP contribution in [0.15, 0.2) is 0 Å². The summed E-state index contributed by atoms with van der Waals surface area (Å²) in [6, 6.07) is 1.25. The second kappa shape index (κ2) is 6.72. The lowest BCUT2D eigenvalue weighted by Gasteiger charge is -2.44. The maximum Gasteiger partial charge on any atom is 0.0223 e. The van der Waals surface area contributed by atoms with Gasteiger partial charge in [0, 0.05) is 31.7 Å². The summed E-state index contributed by atoms with van der Waals surface area (Å²) in [6.45, 7) is 8.66. The van der Waals surface area contributed by atoms with Gasteiger partial charge in [-0.1, -0.05) is 12.8 Å². The summed E-state index contributed by atoms with van der Waals surface area (Å²) in [5, 5.41) is 0. The summed E-state index contributed by atoms with van der Waals surface area (Å²) in [6.07, 6.45) is 8.10. The van der Waals surface area contributed by atoms with Crippen molar-refractivity contribution < 1.29 is 0 Å². The molecule has 0 bridgehead atoms. The average molecular weight is 239 g/mol. The molecule has 100 valence electrons. The van der Waals surface area contributed by atoms with E-state index in [4.69, 9.17) is 5.73 Å². The SMILES string of the molecule is CC(N)CCCCN1CCN2CCCCC2C1. The van der Waals surface area contributed by atoms with Crippen LogP contribution in [-0.2, 0) is 0 Å². The molecule has 2 fully saturated rings. The molecule has 0 radical (unpaired) electrons. The quantitative estimate of drug-likeness (QED) is 0.741. The van der Waals surface area contributed by atoms with Gasteiger partial charge in [-0.15, -0.1) is 0 Å². The Bertz CT molecular complexity index is 218. The van der Waals surface area contributed by atoms with Crippen LogP contribution < -0.4 is 5.73 Å². The van der Waals surface area contributed by atoms with Crippen molar-refractivity contribution in [2.45, 2.75) is 57.5 Å². The second-order valence-corrected chi connectivity index (χ2v) is 5.96. The molecule has 3 nitrogen and oxygen atoms in total. The number of hydrogen-bond acceptors (Lipinski definition) is 3. The fourth-order valence-electron chi connectivity index (χ4n) is 3.23. The number of hydrogen-bond donors (Lipinski definition) is 1. The molecule has 2 saturated heterocycles. The van der Waals surface area contributed by atoms with Crippen molar-refractivity contribution in [3.8, 4) is 0 Å². The molecule has 0 aromatic rings. The Balaban J connectivity index is 1.62. The van der Waals surface area contributed by atoms with Gasteiger partial charge in [0.05, 0.1) is 0 Å². The Morgan fingerprint density at radius 1 is 1.18 bits per heavy atom. The van der Waals surface area contributed by atoms with E-state index in [-0.39, 0.29) is 0 Å². The molecule has 2 atom stereocenters. The molecule has 0 spiro atoms. The van der Waals surface area contributed by atoms with Crippen LogP contribution in [0.25, 0.3) is 0 Å². The van der Waals surface area contributed by atoms with Gasteiger partial charge < -0.3 is 10.6 Å². The van der Waals surface area contributed by atoms with E-state index in [1.165, 1.54) is 71.2 Å². The third kappa shape index (κ3) is 4.23. The summed E-state index contributed by atoms with van der Waals surface area (Å²) >= 11 is 0. The number of unbranched alkanes of at least 4 members (excludes halogenated alkanes) is 1. The van der Waals surface area contributed by atoms with E-state index in [2.05, 4.69) is 16.7 Å². The first-order valence-corrected chi connectivity index (χ1v) is 7.47. The maximum absolute atomic E-state index is 5.78. The van der Waals surface area contributed by atoms with Gasteiger partial charge >= 0.3 is 0 Å². The van der Waals surface area contributed by atoms with E-state index >= 15 is 0 Å². The molecule has 3 heteroatoms. The molecule has 0 aromatic heterocycles. The Labute approximate surface area is 106 Å². The fourth-order valence-corrected chi connectivity index (χ4v) is 3.23. The van der Waals surface area contributed by atoms with Crippen molar-refractivity contribution in [3.63, 3.8) is 0 Å². The number of piperidine rings is 1. The van der Waals surface area contributed by atoms with Crippen LogP contribution in [0.5, 0.6) is 0 Å². The normalized spacial score (nSPS) is 28.9. The molecule has 0 amide bonds. The Morgan fingerprint density at radius 3 is 2.88 bits per heavy atom. The molecular weight excluding hydrogens is 210 g/mol. The number of nitrogens with two attached hydrogens (primary N) is 1. The minimum Gasteiger partial charge on any atom is -0.328 e. The predicted octanol–water partition coefficient (Wildman–Crippen LogP) is 1.67. The number of fused-ring (bicyclic) bond motifs is 1. The standard InChI is InChI=1S/C14H29N3/c1-13(15)6-2-4-8-16-10-11-17-9-5-3-7-14(17)12-16/h13-14H,2-12,15H2,1H3. The van der Waals surface area contributed by atoms with Crippen LogP contribution in [0, 0.1) is 0 Å². The van der Waals surface area contributed by atoms with Gasteiger partial charge in [-0.05, 0) is 45.7 Å². The summed E-state index contributed by atoms with van der Waals surface area (Å²) in [5.74, 6) is 0. The molecular formula is C14H29N3. The second-order valence-electron chi connectivity index (χ2n) is 5.96. The molecule has 2 N–H and O–H groups in total. The van der Waals surface area contributed by atoms with Gasteiger partial charge in [0.2, 0.25) is 0 Å². The highest BCUT2D eigenvalue weighted by Gasteiger charge is 2.28. The summed E-state index contributed by atoms with van der Waals surface area (Å²) in [4.78, 5) is 5.38. The van der Waals surface area contributed by atoms with Crippen LogP contribution >= 0.6 is 0 Å². The first-order chi connectivity index (χ1) is 8.25. The summed E-state index contributed by atoms with van der Waals surface area (Å²) in [5.41, 5.74) is 5.78. The van der Waals surface area contributed by atoms with Crippen molar-refractivity contribution in [2.75, 3.05) is 32.7 Å². The summed E-state index contributed by atoms with van der Waals surface area (Å²) < 4.78 is 0. The topological polar surface area (TPSA) is 32.5 Å². The van der Waals surface area contributed by atoms with Crippen molar-refractivity contribution >= 4 is 0 Å². The molecule has 2 rings (SSSR count). The highest BCUT2D eigenvalue weighted by Crippen LogP contribution is 2.21. The van der Waals surface area contributed by atoms with E-state index in [0.717, 1.165) is 6.04 Å². The Morgan fingerprint density at radius 2 is 2.06 bits per heavy atom. The van der Waals surface area contributed by atoms with Crippen LogP contribution in [0.2, 0.25) is 0 Å². The van der Waals surface area contributed by atoms with Gasteiger partial charge in [-0.2, -0.15) is 0 Å². The lowest BCUT2D eigenvalue weighted by molar-refractivity contribution is 0.0486. The zero-order chi connectivity index (χ0) is 12.1. The minimum atomic E-state index is 0.380. The minimum absolute atomic E-state index is 0.380. The predicted molar refractivity (Wildman–Crippen MR) is 73.2 cm³/mol. The van der Waals surface area contributed by atoms with E-state index in [1.807, 2.05) is 0 Å². The average Bonchev–Trinajstić information content (AvgIpc) is 2.34. The van der Waals surface area contributed by atoms with E-state index < -0.39 is 0 Å². The Hall–Kier alpha value is -0.120. The van der Waals surface area contributed by atoms with Gasteiger partial charge in [-0.25, -0.2) is 0 Å². The number of rotatable bonds is 5. The highest BCUT2D eigenvalue weighted by molar-refractivity contribution is 4.84. The van der Waals surface area contributed by atoms with E-state index in [9.17, 15) is 0 Å². The van der Waals surface area contributed by atoms with Gasteiger partial charge in [0.25, 0.3) is 0 Å². The lowest BCUT2D eigenvalue weighted by Crippen LogP contribution is -2.54. The smallest absolute Gasteiger partial charge is 0.0223 e. The molecule has 2 unspecified atom stereocenters. The van der Waals surface area contributed by atoms with E-state index in [0.29, 0.717) is 6.04 Å². The largest absolute Gasteiger partial charge is 0.328 e. The van der Waals surface area contributed by atoms with Crippen molar-refractivity contribution in [1.29, 1.82) is 0 Å². The monoisotopic (exact) mass is 239 g/mol. The van der Waals surface area contributed by atoms with Gasteiger partial charge in [0.15, 0.2) is 0 Å². The van der Waals surface area contributed by atoms with E-state index in [1.54, 1.807) is 0 Å². The molecule has 2 heterocycles. The highest BCUT2D eigenvalue weighted by atomic mass is 15.3. The van der Waals surface area contributed by atoms with Crippen molar-refractivity contribution in [1.82, 2.24) is 9.80 Å². The van der Waals surface area contributed by atoms with Gasteiger partial charge in [0.1, 0.15) is 0 Å². The maximum atomic E-state index is 5.78. The molecule has 2 aliphatic rings. The third-order valence-electron chi connectivity index (χ3n) is 4.31. The molecule has 17 heavy (non-hydrogen) atoms.